The second-order valence-electron chi connectivity index (χ2n) is 5.48. The van der Waals surface area contributed by atoms with Crippen LogP contribution in [-0.2, 0) is 9.53 Å². The lowest BCUT2D eigenvalue weighted by Gasteiger charge is -2.27. The average molecular weight is 270 g/mol. The first kappa shape index (κ1) is 14.1. The van der Waals surface area contributed by atoms with Crippen LogP contribution in [0, 0.1) is 5.92 Å². The van der Waals surface area contributed by atoms with E-state index < -0.39 is 5.97 Å². The summed E-state index contributed by atoms with van der Waals surface area (Å²) in [6.07, 6.45) is 3.67. The van der Waals surface area contributed by atoms with E-state index in [9.17, 15) is 9.59 Å². The smallest absolute Gasteiger partial charge is 0.315 e. The van der Waals surface area contributed by atoms with Gasteiger partial charge in [0, 0.05) is 12.6 Å². The van der Waals surface area contributed by atoms with E-state index in [0.717, 1.165) is 19.3 Å². The van der Waals surface area contributed by atoms with E-state index in [1.165, 1.54) is 0 Å². The van der Waals surface area contributed by atoms with E-state index in [2.05, 4.69) is 10.6 Å². The monoisotopic (exact) mass is 270 g/mol. The second kappa shape index (κ2) is 6.23. The third-order valence-electron chi connectivity index (χ3n) is 4.10. The highest BCUT2D eigenvalue weighted by Crippen LogP contribution is 2.24. The van der Waals surface area contributed by atoms with Crippen LogP contribution in [0.1, 0.15) is 39.0 Å². The van der Waals surface area contributed by atoms with Crippen LogP contribution in [0.4, 0.5) is 4.79 Å². The number of aliphatic carboxylic acids is 1. The molecule has 1 aliphatic carbocycles. The number of hydrogen-bond acceptors (Lipinski definition) is 3. The molecule has 108 valence electrons. The Morgan fingerprint density at radius 3 is 2.32 bits per heavy atom. The fourth-order valence-electron chi connectivity index (χ4n) is 2.80. The van der Waals surface area contributed by atoms with Crippen LogP contribution in [-0.4, -0.2) is 41.9 Å². The lowest BCUT2D eigenvalue weighted by atomic mass is 9.86. The number of carboxylic acids is 1. The molecule has 6 nitrogen and oxygen atoms in total. The third kappa shape index (κ3) is 3.83. The van der Waals surface area contributed by atoms with E-state index in [-0.39, 0.29) is 30.1 Å². The average Bonchev–Trinajstić information content (AvgIpc) is 2.75. The minimum absolute atomic E-state index is 0.0634. The Balaban J connectivity index is 1.70. The maximum Gasteiger partial charge on any atom is 0.315 e. The van der Waals surface area contributed by atoms with E-state index in [1.807, 2.05) is 6.92 Å². The molecule has 0 bridgehead atoms. The molecule has 1 heterocycles. The summed E-state index contributed by atoms with van der Waals surface area (Å²) in [7, 11) is 0. The van der Waals surface area contributed by atoms with Crippen molar-refractivity contribution in [2.45, 2.75) is 57.2 Å². The Bertz CT molecular complexity index is 340. The molecule has 0 aromatic heterocycles. The summed E-state index contributed by atoms with van der Waals surface area (Å²) >= 11 is 0. The first-order valence-corrected chi connectivity index (χ1v) is 6.97. The summed E-state index contributed by atoms with van der Waals surface area (Å²) < 4.78 is 5.39. The van der Waals surface area contributed by atoms with E-state index in [1.54, 1.807) is 0 Å². The van der Waals surface area contributed by atoms with Crippen LogP contribution >= 0.6 is 0 Å². The van der Waals surface area contributed by atoms with Crippen LogP contribution in [0.5, 0.6) is 0 Å². The van der Waals surface area contributed by atoms with Gasteiger partial charge in [0.05, 0.1) is 18.1 Å². The van der Waals surface area contributed by atoms with Gasteiger partial charge in [0.15, 0.2) is 0 Å². The molecular weight excluding hydrogens is 248 g/mol. The quantitative estimate of drug-likeness (QED) is 0.716. The number of nitrogens with one attached hydrogen (secondary N) is 2. The van der Waals surface area contributed by atoms with E-state index >= 15 is 0 Å². The van der Waals surface area contributed by atoms with Gasteiger partial charge >= 0.3 is 12.0 Å². The Kier molecular flexibility index (Phi) is 4.63. The van der Waals surface area contributed by atoms with Crippen molar-refractivity contribution >= 4 is 12.0 Å². The predicted octanol–water partition coefficient (Wildman–Crippen LogP) is 1.11. The molecule has 2 unspecified atom stereocenters. The lowest BCUT2D eigenvalue weighted by molar-refractivity contribution is -0.142. The van der Waals surface area contributed by atoms with Gasteiger partial charge in [-0.1, -0.05) is 0 Å². The lowest BCUT2D eigenvalue weighted by Crippen LogP contribution is -2.49. The zero-order chi connectivity index (χ0) is 13.8. The van der Waals surface area contributed by atoms with Gasteiger partial charge in [-0.05, 0) is 39.0 Å². The minimum atomic E-state index is -0.722. The Hall–Kier alpha value is -1.30. The van der Waals surface area contributed by atoms with Gasteiger partial charge in [-0.3, -0.25) is 4.79 Å². The number of rotatable bonds is 3. The maximum absolute atomic E-state index is 11.8. The van der Waals surface area contributed by atoms with E-state index in [0.29, 0.717) is 19.4 Å². The summed E-state index contributed by atoms with van der Waals surface area (Å²) in [6, 6.07) is 0.00436. The second-order valence-corrected chi connectivity index (χ2v) is 5.48. The first-order chi connectivity index (χ1) is 9.06. The van der Waals surface area contributed by atoms with Crippen molar-refractivity contribution in [1.82, 2.24) is 10.6 Å². The molecule has 0 aromatic carbocycles. The highest BCUT2D eigenvalue weighted by atomic mass is 16.5. The number of hydrogen-bond donors (Lipinski definition) is 3. The van der Waals surface area contributed by atoms with Gasteiger partial charge in [0.25, 0.3) is 0 Å². The number of carbonyl (C=O) groups excluding carboxylic acids is 1. The molecule has 2 aliphatic rings. The number of carboxylic acid groups (broad SMARTS) is 1. The zero-order valence-electron chi connectivity index (χ0n) is 11.2. The summed E-state index contributed by atoms with van der Waals surface area (Å²) in [5.74, 6) is -0.968. The molecule has 19 heavy (non-hydrogen) atoms. The fraction of sp³-hybridized carbons (Fsp3) is 0.846. The van der Waals surface area contributed by atoms with Gasteiger partial charge in [0.1, 0.15) is 0 Å². The summed E-state index contributed by atoms with van der Waals surface area (Å²) in [4.78, 5) is 22.7. The SMILES string of the molecule is CC1OCCC1NC(=O)NC1CCC(C(=O)O)CC1. The Morgan fingerprint density at radius 1 is 1.11 bits per heavy atom. The largest absolute Gasteiger partial charge is 0.481 e. The molecule has 0 spiro atoms. The molecule has 2 atom stereocenters. The van der Waals surface area contributed by atoms with Crippen molar-refractivity contribution in [3.8, 4) is 0 Å². The molecule has 3 N–H and O–H groups in total. The van der Waals surface area contributed by atoms with Crippen LogP contribution in [0.3, 0.4) is 0 Å². The third-order valence-corrected chi connectivity index (χ3v) is 4.10. The maximum atomic E-state index is 11.8. The standard InChI is InChI=1S/C13H22N2O4/c1-8-11(6-7-19-8)15-13(18)14-10-4-2-9(3-5-10)12(16)17/h8-11H,2-7H2,1H3,(H,16,17)(H2,14,15,18). The minimum Gasteiger partial charge on any atom is -0.481 e. The summed E-state index contributed by atoms with van der Waals surface area (Å²) in [5.41, 5.74) is 0. The topological polar surface area (TPSA) is 87.7 Å². The molecule has 1 saturated carbocycles. The van der Waals surface area contributed by atoms with Crippen LogP contribution in [0.25, 0.3) is 0 Å². The highest BCUT2D eigenvalue weighted by Gasteiger charge is 2.29. The Labute approximate surface area is 112 Å². The molecule has 1 saturated heterocycles. The van der Waals surface area contributed by atoms with Gasteiger partial charge in [0.2, 0.25) is 0 Å². The molecule has 2 rings (SSSR count). The molecule has 6 heteroatoms. The number of urea groups is 1. The van der Waals surface area contributed by atoms with Gasteiger partial charge < -0.3 is 20.5 Å². The highest BCUT2D eigenvalue weighted by molar-refractivity contribution is 5.75. The number of carbonyl (C=O) groups is 2. The van der Waals surface area contributed by atoms with Crippen molar-refractivity contribution in [3.05, 3.63) is 0 Å². The number of amides is 2. The van der Waals surface area contributed by atoms with Crippen molar-refractivity contribution in [3.63, 3.8) is 0 Å². The normalized spacial score (nSPS) is 34.8. The van der Waals surface area contributed by atoms with Crippen molar-refractivity contribution in [2.75, 3.05) is 6.61 Å². The Morgan fingerprint density at radius 2 is 1.79 bits per heavy atom. The van der Waals surface area contributed by atoms with Crippen molar-refractivity contribution < 1.29 is 19.4 Å². The molecule has 2 amide bonds. The predicted molar refractivity (Wildman–Crippen MR) is 68.9 cm³/mol. The summed E-state index contributed by atoms with van der Waals surface area (Å²) in [5, 5.41) is 14.8. The van der Waals surface area contributed by atoms with Crippen molar-refractivity contribution in [2.24, 2.45) is 5.92 Å². The zero-order valence-corrected chi connectivity index (χ0v) is 11.2. The van der Waals surface area contributed by atoms with Gasteiger partial charge in [-0.25, -0.2) is 4.79 Å². The molecular formula is C13H22N2O4. The van der Waals surface area contributed by atoms with Crippen LogP contribution < -0.4 is 10.6 Å². The number of ether oxygens (including phenoxy) is 1. The van der Waals surface area contributed by atoms with Gasteiger partial charge in [-0.15, -0.1) is 0 Å². The van der Waals surface area contributed by atoms with E-state index in [4.69, 9.17) is 9.84 Å². The molecule has 1 aliphatic heterocycles. The van der Waals surface area contributed by atoms with Crippen LogP contribution in [0.2, 0.25) is 0 Å². The first-order valence-electron chi connectivity index (χ1n) is 6.97. The van der Waals surface area contributed by atoms with Gasteiger partial charge in [-0.2, -0.15) is 0 Å². The van der Waals surface area contributed by atoms with Crippen molar-refractivity contribution in [1.29, 1.82) is 0 Å². The fourth-order valence-corrected chi connectivity index (χ4v) is 2.80. The molecule has 0 radical (unpaired) electrons. The molecule has 2 fully saturated rings. The van der Waals surface area contributed by atoms with Crippen LogP contribution in [0.15, 0.2) is 0 Å². The molecule has 0 aromatic rings. The summed E-state index contributed by atoms with van der Waals surface area (Å²) in [6.45, 7) is 2.64.